The molecule has 4 rings (SSSR count). The molecule has 0 bridgehead atoms. The van der Waals surface area contributed by atoms with Gasteiger partial charge in [-0.25, -0.2) is 9.59 Å². The van der Waals surface area contributed by atoms with E-state index in [1.165, 1.54) is 36.7 Å². The average molecular weight is 497 g/mol. The van der Waals surface area contributed by atoms with Crippen molar-refractivity contribution in [3.05, 3.63) is 79.5 Å². The van der Waals surface area contributed by atoms with Crippen molar-refractivity contribution >= 4 is 34.4 Å². The van der Waals surface area contributed by atoms with Crippen molar-refractivity contribution in [2.45, 2.75) is 13.8 Å². The Hall–Kier alpha value is -3.82. The third kappa shape index (κ3) is 5.22. The van der Waals surface area contributed by atoms with E-state index in [9.17, 15) is 19.8 Å². The summed E-state index contributed by atoms with van der Waals surface area (Å²) in [4.78, 5) is 31.8. The first kappa shape index (κ1) is 24.8. The van der Waals surface area contributed by atoms with Crippen molar-refractivity contribution in [2.75, 3.05) is 13.1 Å². The Kier molecular flexibility index (Phi) is 7.93. The molecule has 0 aliphatic carbocycles. The normalized spacial score (nSPS) is 11.4. The first-order chi connectivity index (χ1) is 16.3. The molecule has 2 heterocycles. The summed E-state index contributed by atoms with van der Waals surface area (Å²) >= 11 is 1.06. The van der Waals surface area contributed by atoms with Crippen LogP contribution in [-0.4, -0.2) is 25.5 Å². The van der Waals surface area contributed by atoms with E-state index in [0.29, 0.717) is 21.9 Å². The average Bonchev–Trinajstić information content (AvgIpc) is 2.79. The molecule has 0 spiro atoms. The van der Waals surface area contributed by atoms with E-state index in [4.69, 9.17) is 12.5 Å². The molecule has 0 aliphatic rings. The second-order valence-electron chi connectivity index (χ2n) is 7.28. The molecule has 0 N–H and O–H groups in total. The van der Waals surface area contributed by atoms with Crippen LogP contribution >= 0.6 is 0 Å². The summed E-state index contributed by atoms with van der Waals surface area (Å²) in [5.41, 5.74) is 1.14. The van der Waals surface area contributed by atoms with Gasteiger partial charge in [0.1, 0.15) is 11.2 Å². The zero-order valence-electron chi connectivity index (χ0n) is 18.2. The summed E-state index contributed by atoms with van der Waals surface area (Å²) in [6.07, 6.45) is 2.73. The Balaban J connectivity index is 0.00000158. The summed E-state index contributed by atoms with van der Waals surface area (Å²) < 4.78 is 18.6. The van der Waals surface area contributed by atoms with Gasteiger partial charge in [0.25, 0.3) is 0 Å². The zero-order chi connectivity index (χ0) is 24.8. The molecule has 34 heavy (non-hydrogen) atoms. The van der Waals surface area contributed by atoms with Crippen LogP contribution in [0.1, 0.15) is 22.3 Å². The van der Waals surface area contributed by atoms with Gasteiger partial charge in [0.15, 0.2) is 0 Å². The van der Waals surface area contributed by atoms with E-state index in [0.717, 1.165) is 17.4 Å². The number of hydrogen-bond acceptors (Lipinski definition) is 9. The fourth-order valence-corrected chi connectivity index (χ4v) is 3.44. The molecule has 0 fully saturated rings. The summed E-state index contributed by atoms with van der Waals surface area (Å²) in [6, 6.07) is 8.76. The quantitative estimate of drug-likeness (QED) is 0.233. The van der Waals surface area contributed by atoms with Gasteiger partial charge in [-0.1, -0.05) is 35.8 Å². The number of hydrogen-bond donors (Lipinski definition) is 0. The standard InChI is InChI=1S/C24H20N2O6.O.V/c1-13-9-21(29)31-23-15(13)3-5-19(27)17(23)11-25-7-8-26-12-18-20(28)6-4-16-14(2)10-22(30)32-24(16)18;;/h3-6,9-12,27-28H,7-8H2,1-2H3;;/q;;+2/p-2. The SMILES string of the molecule is Cc1cc(=O)oc2c(C=NCCN=Cc3c([O-])ccc4c(C)cc(=O)oc34)c([O-])ccc12.[O]=[V+2]. The number of nitrogens with zero attached hydrogens (tertiary/aromatic N) is 2. The number of rotatable bonds is 5. The molecule has 10 heteroatoms. The number of aryl methyl sites for hydroxylation is 2. The molecule has 2 aromatic carbocycles. The minimum atomic E-state index is -0.537. The first-order valence-corrected chi connectivity index (χ1v) is 10.6. The van der Waals surface area contributed by atoms with Crippen LogP contribution in [-0.2, 0) is 21.0 Å². The molecule has 0 amide bonds. The Morgan fingerprint density at radius 2 is 1.15 bits per heavy atom. The molecular formula is C24H18N2O7V. The molecule has 2 aromatic heterocycles. The second-order valence-corrected chi connectivity index (χ2v) is 7.28. The van der Waals surface area contributed by atoms with Crippen molar-refractivity contribution in [3.63, 3.8) is 0 Å². The monoisotopic (exact) mass is 497 g/mol. The third-order valence-corrected chi connectivity index (χ3v) is 5.03. The van der Waals surface area contributed by atoms with Gasteiger partial charge in [0.2, 0.25) is 0 Å². The van der Waals surface area contributed by atoms with Crippen LogP contribution in [0, 0.1) is 13.8 Å². The maximum absolute atomic E-state index is 12.2. The number of fused-ring (bicyclic) bond motifs is 2. The number of aliphatic imine (C=N–C) groups is 2. The topological polar surface area (TPSA) is 148 Å². The Bertz CT molecular complexity index is 1420. The van der Waals surface area contributed by atoms with E-state index in [2.05, 4.69) is 9.98 Å². The summed E-state index contributed by atoms with van der Waals surface area (Å²) in [5.74, 6) is -0.619. The summed E-state index contributed by atoms with van der Waals surface area (Å²) in [7, 11) is 0. The molecule has 4 aromatic rings. The van der Waals surface area contributed by atoms with Gasteiger partial charge in [-0.05, 0) is 25.0 Å². The molecule has 0 saturated carbocycles. The van der Waals surface area contributed by atoms with Gasteiger partial charge < -0.3 is 19.0 Å². The Labute approximate surface area is 202 Å². The summed E-state index contributed by atoms with van der Waals surface area (Å²) in [5, 5.41) is 25.8. The van der Waals surface area contributed by atoms with Gasteiger partial charge in [0.05, 0.1) is 13.1 Å². The van der Waals surface area contributed by atoms with Crippen LogP contribution in [0.3, 0.4) is 0 Å². The zero-order valence-corrected chi connectivity index (χ0v) is 19.6. The van der Waals surface area contributed by atoms with Crippen molar-refractivity contribution in [1.29, 1.82) is 0 Å². The van der Waals surface area contributed by atoms with Crippen LogP contribution in [0.25, 0.3) is 21.9 Å². The van der Waals surface area contributed by atoms with Crippen LogP contribution in [0.5, 0.6) is 11.5 Å². The predicted octanol–water partition coefficient (Wildman–Crippen LogP) is 2.08. The van der Waals surface area contributed by atoms with Crippen LogP contribution in [0.2, 0.25) is 0 Å². The Morgan fingerprint density at radius 3 is 1.53 bits per heavy atom. The van der Waals surface area contributed by atoms with E-state index in [1.54, 1.807) is 26.0 Å². The fraction of sp³-hybridized carbons (Fsp3) is 0.167. The molecule has 0 unspecified atom stereocenters. The Morgan fingerprint density at radius 1 is 0.765 bits per heavy atom. The van der Waals surface area contributed by atoms with E-state index >= 15 is 0 Å². The molecule has 0 aliphatic heterocycles. The molecule has 171 valence electrons. The van der Waals surface area contributed by atoms with E-state index in [-0.39, 0.29) is 46.9 Å². The fourth-order valence-electron chi connectivity index (χ4n) is 3.44. The van der Waals surface area contributed by atoms with Gasteiger partial charge in [-0.3, -0.25) is 9.98 Å². The van der Waals surface area contributed by atoms with Gasteiger partial charge in [-0.2, -0.15) is 0 Å². The van der Waals surface area contributed by atoms with E-state index in [1.807, 2.05) is 0 Å². The van der Waals surface area contributed by atoms with Gasteiger partial charge in [-0.15, -0.1) is 0 Å². The molecule has 0 saturated heterocycles. The van der Waals surface area contributed by atoms with Crippen LogP contribution < -0.4 is 21.5 Å². The minimum absolute atomic E-state index is 0.195. The molecule has 9 nitrogen and oxygen atoms in total. The van der Waals surface area contributed by atoms with Gasteiger partial charge in [0, 0.05) is 46.5 Å². The van der Waals surface area contributed by atoms with Crippen LogP contribution in [0.4, 0.5) is 0 Å². The molecular weight excluding hydrogens is 479 g/mol. The van der Waals surface area contributed by atoms with Gasteiger partial charge >= 0.3 is 32.3 Å². The summed E-state index contributed by atoms with van der Waals surface area (Å²) in [6.45, 7) is 3.98. The first-order valence-electron chi connectivity index (χ1n) is 10.0. The third-order valence-electron chi connectivity index (χ3n) is 5.03. The maximum atomic E-state index is 12.2. The van der Waals surface area contributed by atoms with Crippen molar-refractivity contribution in [2.24, 2.45) is 9.98 Å². The van der Waals surface area contributed by atoms with E-state index < -0.39 is 11.3 Å². The second kappa shape index (κ2) is 10.9. The van der Waals surface area contributed by atoms with Crippen LogP contribution in [0.15, 0.2) is 64.8 Å². The number of benzene rings is 2. The van der Waals surface area contributed by atoms with Crippen molar-refractivity contribution in [1.82, 2.24) is 0 Å². The molecule has 0 atom stereocenters. The molecule has 0 radical (unpaired) electrons. The van der Waals surface area contributed by atoms with Crippen molar-refractivity contribution < 1.29 is 40.1 Å². The van der Waals surface area contributed by atoms with Crippen molar-refractivity contribution in [3.8, 4) is 11.5 Å². The predicted molar refractivity (Wildman–Crippen MR) is 119 cm³/mol.